The monoisotopic (exact) mass is 454 g/mol. The molecular weight excluding hydrogens is 420 g/mol. The maximum Gasteiger partial charge on any atom is 0.295 e. The second kappa shape index (κ2) is 9.79. The molecule has 3 rings (SSSR count). The topological polar surface area (TPSA) is 87.9 Å². The molecule has 1 aromatic heterocycles. The van der Waals surface area contributed by atoms with E-state index in [0.717, 1.165) is 17.8 Å². The molecule has 1 atom stereocenters. The summed E-state index contributed by atoms with van der Waals surface area (Å²) in [6, 6.07) is 6.68. The van der Waals surface area contributed by atoms with Crippen molar-refractivity contribution in [2.45, 2.75) is 46.3 Å². The molecule has 178 valence electrons. The fourth-order valence-electron chi connectivity index (χ4n) is 4.27. The van der Waals surface area contributed by atoms with E-state index in [2.05, 4.69) is 5.10 Å². The number of Topliss-reactive ketones (excluding diaryl/α,β-unsaturated/α-hetero) is 1. The standard InChI is InChI=1S/C25H34N4O4/c1-15(2)33-19-11-9-18(10-12-19)22-21(23(30)20-16(3)26-28(7)17(20)4)24(31)25(32)29(22)14-8-13-27(5)6/h9-12,15,22,30H,8,13-14H2,1-7H3/b23-21+. The van der Waals surface area contributed by atoms with Crippen LogP contribution >= 0.6 is 0 Å². The highest BCUT2D eigenvalue weighted by Gasteiger charge is 2.46. The SMILES string of the molecule is Cc1nn(C)c(C)c1/C(O)=C1\C(=O)C(=O)N(CCCN(C)C)C1c1ccc(OC(C)C)cc1. The Bertz CT molecular complexity index is 1070. The Hall–Kier alpha value is -3.13. The minimum Gasteiger partial charge on any atom is -0.507 e. The van der Waals surface area contributed by atoms with Gasteiger partial charge >= 0.3 is 0 Å². The highest BCUT2D eigenvalue weighted by atomic mass is 16.5. The van der Waals surface area contributed by atoms with Crippen molar-refractivity contribution in [2.24, 2.45) is 7.05 Å². The van der Waals surface area contributed by atoms with Gasteiger partial charge in [-0.25, -0.2) is 0 Å². The summed E-state index contributed by atoms with van der Waals surface area (Å²) < 4.78 is 7.40. The normalized spacial score (nSPS) is 18.1. The molecule has 1 unspecified atom stereocenters. The highest BCUT2D eigenvalue weighted by molar-refractivity contribution is 6.46. The molecule has 0 saturated carbocycles. The molecule has 1 fully saturated rings. The third-order valence-corrected chi connectivity index (χ3v) is 5.86. The number of nitrogens with zero attached hydrogens (tertiary/aromatic N) is 4. The van der Waals surface area contributed by atoms with Crippen LogP contribution in [0.4, 0.5) is 0 Å². The fraction of sp³-hybridized carbons (Fsp3) is 0.480. The molecule has 0 bridgehead atoms. The van der Waals surface area contributed by atoms with Gasteiger partial charge in [-0.2, -0.15) is 5.10 Å². The molecule has 1 saturated heterocycles. The summed E-state index contributed by atoms with van der Waals surface area (Å²) in [4.78, 5) is 29.9. The molecule has 8 nitrogen and oxygen atoms in total. The first-order valence-electron chi connectivity index (χ1n) is 11.2. The fourth-order valence-corrected chi connectivity index (χ4v) is 4.27. The Balaban J connectivity index is 2.11. The average molecular weight is 455 g/mol. The van der Waals surface area contributed by atoms with Crippen LogP contribution in [0.15, 0.2) is 29.8 Å². The Kier molecular flexibility index (Phi) is 7.27. The molecule has 2 aromatic rings. The van der Waals surface area contributed by atoms with Gasteiger partial charge in [-0.1, -0.05) is 12.1 Å². The summed E-state index contributed by atoms with van der Waals surface area (Å²) in [6.07, 6.45) is 0.736. The molecule has 1 aliphatic rings. The average Bonchev–Trinajstić information content (AvgIpc) is 3.13. The summed E-state index contributed by atoms with van der Waals surface area (Å²) in [5, 5.41) is 15.7. The largest absolute Gasteiger partial charge is 0.507 e. The number of aliphatic hydroxyl groups is 1. The number of ketones is 1. The maximum atomic E-state index is 13.2. The highest BCUT2D eigenvalue weighted by Crippen LogP contribution is 2.40. The van der Waals surface area contributed by atoms with Gasteiger partial charge in [-0.05, 0) is 72.5 Å². The van der Waals surface area contributed by atoms with Crippen molar-refractivity contribution in [2.75, 3.05) is 27.2 Å². The van der Waals surface area contributed by atoms with Crippen LogP contribution in [0.5, 0.6) is 5.75 Å². The maximum absolute atomic E-state index is 13.2. The van der Waals surface area contributed by atoms with Gasteiger partial charge < -0.3 is 19.6 Å². The molecular formula is C25H34N4O4. The van der Waals surface area contributed by atoms with Crippen LogP contribution in [0.25, 0.3) is 5.76 Å². The molecule has 33 heavy (non-hydrogen) atoms. The van der Waals surface area contributed by atoms with E-state index in [1.807, 2.05) is 64.0 Å². The second-order valence-corrected chi connectivity index (χ2v) is 9.05. The quantitative estimate of drug-likeness (QED) is 0.374. The van der Waals surface area contributed by atoms with Crippen LogP contribution in [0.2, 0.25) is 0 Å². The lowest BCUT2D eigenvalue weighted by Gasteiger charge is -2.26. The summed E-state index contributed by atoms with van der Waals surface area (Å²) in [7, 11) is 5.71. The predicted molar refractivity (Wildman–Crippen MR) is 127 cm³/mol. The van der Waals surface area contributed by atoms with E-state index in [4.69, 9.17) is 4.74 Å². The number of hydrogen-bond acceptors (Lipinski definition) is 6. The summed E-state index contributed by atoms with van der Waals surface area (Å²) in [6.45, 7) is 8.69. The first kappa shape index (κ1) is 24.5. The van der Waals surface area contributed by atoms with Crippen LogP contribution in [0.1, 0.15) is 48.8 Å². The number of aryl methyl sites for hydroxylation is 2. The van der Waals surface area contributed by atoms with Gasteiger partial charge in [0.05, 0.1) is 29.0 Å². The molecule has 0 aliphatic carbocycles. The molecule has 0 radical (unpaired) electrons. The predicted octanol–water partition coefficient (Wildman–Crippen LogP) is 3.20. The third kappa shape index (κ3) is 4.95. The van der Waals surface area contributed by atoms with E-state index in [1.54, 1.807) is 23.6 Å². The first-order valence-corrected chi connectivity index (χ1v) is 11.2. The summed E-state index contributed by atoms with van der Waals surface area (Å²) in [5.74, 6) is -0.745. The number of benzene rings is 1. The molecule has 1 aromatic carbocycles. The second-order valence-electron chi connectivity index (χ2n) is 9.05. The molecule has 1 N–H and O–H groups in total. The van der Waals surface area contributed by atoms with Crippen molar-refractivity contribution in [1.29, 1.82) is 0 Å². The molecule has 0 spiro atoms. The van der Waals surface area contributed by atoms with E-state index in [0.29, 0.717) is 30.0 Å². The van der Waals surface area contributed by atoms with Gasteiger partial charge in [0.1, 0.15) is 11.5 Å². The molecule has 2 heterocycles. The number of ether oxygens (including phenoxy) is 1. The van der Waals surface area contributed by atoms with E-state index in [9.17, 15) is 14.7 Å². The van der Waals surface area contributed by atoms with Gasteiger partial charge in [0.25, 0.3) is 11.7 Å². The third-order valence-electron chi connectivity index (χ3n) is 5.86. The Morgan fingerprint density at radius 2 is 1.82 bits per heavy atom. The van der Waals surface area contributed by atoms with Crippen molar-refractivity contribution < 1.29 is 19.4 Å². The van der Waals surface area contributed by atoms with Crippen LogP contribution in [0, 0.1) is 13.8 Å². The van der Waals surface area contributed by atoms with E-state index in [1.165, 1.54) is 0 Å². The number of carbonyl (C=O) groups is 2. The van der Waals surface area contributed by atoms with Gasteiger partial charge in [0.15, 0.2) is 0 Å². The zero-order valence-corrected chi connectivity index (χ0v) is 20.5. The number of carbonyl (C=O) groups excluding carboxylic acids is 2. The van der Waals surface area contributed by atoms with Gasteiger partial charge in [-0.15, -0.1) is 0 Å². The van der Waals surface area contributed by atoms with Crippen LogP contribution in [-0.4, -0.2) is 69.7 Å². The van der Waals surface area contributed by atoms with E-state index < -0.39 is 17.7 Å². The Morgan fingerprint density at radius 3 is 2.33 bits per heavy atom. The van der Waals surface area contributed by atoms with Crippen molar-refractivity contribution >= 4 is 17.4 Å². The number of amides is 1. The van der Waals surface area contributed by atoms with Crippen molar-refractivity contribution in [3.8, 4) is 5.75 Å². The summed E-state index contributed by atoms with van der Waals surface area (Å²) in [5.41, 5.74) is 2.67. The van der Waals surface area contributed by atoms with Crippen LogP contribution in [0.3, 0.4) is 0 Å². The number of aromatic nitrogens is 2. The number of aliphatic hydroxyl groups excluding tert-OH is 1. The zero-order chi connectivity index (χ0) is 24.4. The van der Waals surface area contributed by atoms with Crippen LogP contribution < -0.4 is 4.74 Å². The minimum atomic E-state index is -0.681. The minimum absolute atomic E-state index is 0.0315. The lowest BCUT2D eigenvalue weighted by atomic mass is 9.94. The number of rotatable bonds is 8. The number of hydrogen-bond donors (Lipinski definition) is 1. The molecule has 1 aliphatic heterocycles. The smallest absolute Gasteiger partial charge is 0.295 e. The van der Waals surface area contributed by atoms with Gasteiger partial charge in [0, 0.05) is 19.3 Å². The first-order chi connectivity index (χ1) is 15.5. The van der Waals surface area contributed by atoms with E-state index in [-0.39, 0.29) is 17.4 Å². The van der Waals surface area contributed by atoms with Crippen molar-refractivity contribution in [3.05, 3.63) is 52.4 Å². The Labute approximate surface area is 195 Å². The van der Waals surface area contributed by atoms with Crippen molar-refractivity contribution in [3.63, 3.8) is 0 Å². The molecule has 1 amide bonds. The van der Waals surface area contributed by atoms with Gasteiger partial charge in [-0.3, -0.25) is 14.3 Å². The zero-order valence-electron chi connectivity index (χ0n) is 20.5. The lowest BCUT2D eigenvalue weighted by molar-refractivity contribution is -0.139. The Morgan fingerprint density at radius 1 is 1.18 bits per heavy atom. The van der Waals surface area contributed by atoms with E-state index >= 15 is 0 Å². The summed E-state index contributed by atoms with van der Waals surface area (Å²) >= 11 is 0. The number of likely N-dealkylation sites (tertiary alicyclic amines) is 1. The van der Waals surface area contributed by atoms with Crippen molar-refractivity contribution in [1.82, 2.24) is 19.6 Å². The lowest BCUT2D eigenvalue weighted by Crippen LogP contribution is -2.32. The van der Waals surface area contributed by atoms with Gasteiger partial charge in [0.2, 0.25) is 0 Å². The molecule has 8 heteroatoms. The van der Waals surface area contributed by atoms with Crippen LogP contribution in [-0.2, 0) is 16.6 Å².